The number of carbonyl (C=O) groups is 2. The Morgan fingerprint density at radius 1 is 0.968 bits per heavy atom. The Kier molecular flexibility index (Phi) is 6.03. The summed E-state index contributed by atoms with van der Waals surface area (Å²) >= 11 is 0. The molecule has 2 amide bonds. The van der Waals surface area contributed by atoms with E-state index in [9.17, 15) is 18.4 Å². The molecule has 164 valence electrons. The van der Waals surface area contributed by atoms with Crippen molar-refractivity contribution < 1.29 is 32.6 Å². The molecule has 0 bridgehead atoms. The quantitative estimate of drug-likeness (QED) is 0.732. The summed E-state index contributed by atoms with van der Waals surface area (Å²) in [7, 11) is 0. The van der Waals surface area contributed by atoms with Crippen LogP contribution in [0, 0.1) is 11.6 Å². The van der Waals surface area contributed by atoms with Gasteiger partial charge in [0.2, 0.25) is 12.7 Å². The van der Waals surface area contributed by atoms with Crippen molar-refractivity contribution in [2.45, 2.75) is 18.3 Å². The predicted molar refractivity (Wildman–Crippen MR) is 106 cm³/mol. The van der Waals surface area contributed by atoms with E-state index in [2.05, 4.69) is 10.6 Å². The number of amides is 2. The van der Waals surface area contributed by atoms with Crippen molar-refractivity contribution in [1.29, 1.82) is 0 Å². The first-order chi connectivity index (χ1) is 15.0. The predicted octanol–water partition coefficient (Wildman–Crippen LogP) is 2.29. The zero-order valence-electron chi connectivity index (χ0n) is 16.7. The number of fused-ring (bicyclic) bond motifs is 1. The maximum absolute atomic E-state index is 13.7. The highest BCUT2D eigenvalue weighted by Gasteiger charge is 2.36. The number of carbonyl (C=O) groups excluding carboxylic acids is 2. The SMILES string of the molecule is O=C(CNC(=O)c1ccc(F)cc1F)NCC1(c2ccc3c(c2)OCO3)CCOCC1. The van der Waals surface area contributed by atoms with E-state index in [0.29, 0.717) is 50.2 Å². The molecule has 1 saturated heterocycles. The minimum absolute atomic E-state index is 0.181. The molecule has 0 radical (unpaired) electrons. The molecule has 9 heteroatoms. The minimum atomic E-state index is -0.984. The van der Waals surface area contributed by atoms with Crippen LogP contribution in [0.5, 0.6) is 11.5 Å². The van der Waals surface area contributed by atoms with E-state index < -0.39 is 23.4 Å². The Hall–Kier alpha value is -3.20. The average molecular weight is 432 g/mol. The van der Waals surface area contributed by atoms with E-state index >= 15 is 0 Å². The smallest absolute Gasteiger partial charge is 0.254 e. The summed E-state index contributed by atoms with van der Waals surface area (Å²) in [6, 6.07) is 8.39. The summed E-state index contributed by atoms with van der Waals surface area (Å²) in [5, 5.41) is 5.21. The van der Waals surface area contributed by atoms with Crippen LogP contribution in [0.3, 0.4) is 0 Å². The number of ether oxygens (including phenoxy) is 3. The van der Waals surface area contributed by atoms with E-state index in [4.69, 9.17) is 14.2 Å². The van der Waals surface area contributed by atoms with Crippen molar-refractivity contribution in [2.75, 3.05) is 33.1 Å². The second kappa shape index (κ2) is 8.89. The topological polar surface area (TPSA) is 85.9 Å². The largest absolute Gasteiger partial charge is 0.454 e. The van der Waals surface area contributed by atoms with Gasteiger partial charge in [-0.15, -0.1) is 0 Å². The van der Waals surface area contributed by atoms with Gasteiger partial charge in [-0.2, -0.15) is 0 Å². The average Bonchev–Trinajstić information content (AvgIpc) is 3.25. The third-order valence-corrected chi connectivity index (χ3v) is 5.64. The standard InChI is InChI=1S/C22H22F2N2O5/c23-15-2-3-16(17(24)10-15)21(28)25-11-20(27)26-12-22(5-7-29-8-6-22)14-1-4-18-19(9-14)31-13-30-18/h1-4,9-10H,5-8,11-13H2,(H,25,28)(H,26,27). The van der Waals surface area contributed by atoms with Gasteiger partial charge in [0, 0.05) is 31.2 Å². The van der Waals surface area contributed by atoms with E-state index in [0.717, 1.165) is 17.7 Å². The zero-order chi connectivity index (χ0) is 21.8. The summed E-state index contributed by atoms with van der Waals surface area (Å²) in [5.41, 5.74) is 0.343. The Morgan fingerprint density at radius 2 is 1.74 bits per heavy atom. The number of rotatable bonds is 6. The van der Waals surface area contributed by atoms with Crippen LogP contribution in [0.15, 0.2) is 36.4 Å². The molecule has 2 aliphatic rings. The molecule has 0 spiro atoms. The van der Waals surface area contributed by atoms with Crippen molar-refractivity contribution in [3.63, 3.8) is 0 Å². The molecular weight excluding hydrogens is 410 g/mol. The molecule has 0 aliphatic carbocycles. The van der Waals surface area contributed by atoms with Gasteiger partial charge in [-0.1, -0.05) is 6.07 Å². The fourth-order valence-corrected chi connectivity index (χ4v) is 3.82. The molecule has 2 heterocycles. The highest BCUT2D eigenvalue weighted by Crippen LogP contribution is 2.40. The Bertz CT molecular complexity index is 992. The second-order valence-electron chi connectivity index (χ2n) is 7.54. The van der Waals surface area contributed by atoms with E-state index in [1.54, 1.807) is 0 Å². The van der Waals surface area contributed by atoms with Gasteiger partial charge >= 0.3 is 0 Å². The summed E-state index contributed by atoms with van der Waals surface area (Å²) in [5.74, 6) is -1.61. The van der Waals surface area contributed by atoms with Crippen LogP contribution < -0.4 is 20.1 Å². The molecule has 7 nitrogen and oxygen atoms in total. The molecule has 31 heavy (non-hydrogen) atoms. The first-order valence-corrected chi connectivity index (χ1v) is 9.95. The number of benzene rings is 2. The van der Waals surface area contributed by atoms with Gasteiger partial charge in [-0.3, -0.25) is 9.59 Å². The third kappa shape index (κ3) is 4.61. The van der Waals surface area contributed by atoms with Crippen LogP contribution in [0.2, 0.25) is 0 Å². The van der Waals surface area contributed by atoms with Gasteiger partial charge in [0.1, 0.15) is 11.6 Å². The molecule has 0 unspecified atom stereocenters. The fraction of sp³-hybridized carbons (Fsp3) is 0.364. The molecule has 2 N–H and O–H groups in total. The molecule has 4 rings (SSSR count). The Balaban J connectivity index is 1.38. The highest BCUT2D eigenvalue weighted by atomic mass is 19.1. The third-order valence-electron chi connectivity index (χ3n) is 5.64. The lowest BCUT2D eigenvalue weighted by Gasteiger charge is -2.38. The van der Waals surface area contributed by atoms with Crippen molar-refractivity contribution in [3.8, 4) is 11.5 Å². The lowest BCUT2D eigenvalue weighted by Crippen LogP contribution is -2.47. The molecular formula is C22H22F2N2O5. The summed E-state index contributed by atoms with van der Waals surface area (Å²) in [6.45, 7) is 1.31. The van der Waals surface area contributed by atoms with Crippen LogP contribution in [-0.4, -0.2) is 44.9 Å². The maximum Gasteiger partial charge on any atom is 0.254 e. The monoisotopic (exact) mass is 432 g/mol. The number of hydrogen-bond acceptors (Lipinski definition) is 5. The fourth-order valence-electron chi connectivity index (χ4n) is 3.82. The van der Waals surface area contributed by atoms with Crippen LogP contribution >= 0.6 is 0 Å². The first kappa shape index (κ1) is 21.0. The number of halogens is 2. The molecule has 0 aromatic heterocycles. The Morgan fingerprint density at radius 3 is 2.52 bits per heavy atom. The van der Waals surface area contributed by atoms with Gasteiger partial charge in [0.15, 0.2) is 11.5 Å². The lowest BCUT2D eigenvalue weighted by molar-refractivity contribution is -0.120. The van der Waals surface area contributed by atoms with Gasteiger partial charge < -0.3 is 24.8 Å². The first-order valence-electron chi connectivity index (χ1n) is 9.95. The van der Waals surface area contributed by atoms with Crippen molar-refractivity contribution in [1.82, 2.24) is 10.6 Å². The highest BCUT2D eigenvalue weighted by molar-refractivity contribution is 5.96. The number of hydrogen-bond donors (Lipinski definition) is 2. The minimum Gasteiger partial charge on any atom is -0.454 e. The molecule has 0 atom stereocenters. The second-order valence-corrected chi connectivity index (χ2v) is 7.54. The van der Waals surface area contributed by atoms with Crippen LogP contribution in [0.1, 0.15) is 28.8 Å². The lowest BCUT2D eigenvalue weighted by atomic mass is 9.74. The van der Waals surface area contributed by atoms with Crippen molar-refractivity contribution in [3.05, 3.63) is 59.2 Å². The van der Waals surface area contributed by atoms with Crippen molar-refractivity contribution >= 4 is 11.8 Å². The summed E-state index contributed by atoms with van der Waals surface area (Å²) < 4.78 is 43.1. The molecule has 2 aromatic rings. The van der Waals surface area contributed by atoms with E-state index in [1.807, 2.05) is 18.2 Å². The normalized spacial score (nSPS) is 16.6. The van der Waals surface area contributed by atoms with E-state index in [1.165, 1.54) is 0 Å². The van der Waals surface area contributed by atoms with Crippen LogP contribution in [0.25, 0.3) is 0 Å². The maximum atomic E-state index is 13.7. The summed E-state index contributed by atoms with van der Waals surface area (Å²) in [6.07, 6.45) is 1.42. The molecule has 2 aromatic carbocycles. The van der Waals surface area contributed by atoms with E-state index in [-0.39, 0.29) is 24.3 Å². The van der Waals surface area contributed by atoms with Gasteiger partial charge in [-0.25, -0.2) is 8.78 Å². The molecule has 0 saturated carbocycles. The van der Waals surface area contributed by atoms with Gasteiger partial charge in [0.05, 0.1) is 12.1 Å². The van der Waals surface area contributed by atoms with Crippen LogP contribution in [0.4, 0.5) is 8.78 Å². The van der Waals surface area contributed by atoms with Gasteiger partial charge in [0.25, 0.3) is 5.91 Å². The van der Waals surface area contributed by atoms with Crippen molar-refractivity contribution in [2.24, 2.45) is 0 Å². The zero-order valence-corrected chi connectivity index (χ0v) is 16.7. The summed E-state index contributed by atoms with van der Waals surface area (Å²) in [4.78, 5) is 24.4. The van der Waals surface area contributed by atoms with Crippen LogP contribution in [-0.2, 0) is 14.9 Å². The number of nitrogens with one attached hydrogen (secondary N) is 2. The molecule has 1 fully saturated rings. The molecule has 2 aliphatic heterocycles. The van der Waals surface area contributed by atoms with Gasteiger partial charge in [-0.05, 0) is 42.7 Å². The Labute approximate surface area is 177 Å².